The molecule has 0 aliphatic carbocycles. The van der Waals surface area contributed by atoms with Gasteiger partial charge in [0.1, 0.15) is 5.69 Å². The highest BCUT2D eigenvalue weighted by molar-refractivity contribution is 6.31. The number of aromatic nitrogens is 2. The third kappa shape index (κ3) is 3.76. The molecule has 0 N–H and O–H groups in total. The Kier molecular flexibility index (Phi) is 5.34. The van der Waals surface area contributed by atoms with E-state index >= 15 is 0 Å². The van der Waals surface area contributed by atoms with E-state index < -0.39 is 11.9 Å². The lowest BCUT2D eigenvalue weighted by atomic mass is 9.96. The van der Waals surface area contributed by atoms with Crippen LogP contribution in [0.3, 0.4) is 0 Å². The number of nitrogens with zero attached hydrogens (tertiary/aromatic N) is 3. The SMILES string of the molecule is CCC1c2c(c3cc(Cl)ccc3n2CCc2ccc(C(F)(F)F)nc2)CCN1C. The van der Waals surface area contributed by atoms with Crippen molar-refractivity contribution in [2.24, 2.45) is 0 Å². The predicted octanol–water partition coefficient (Wildman–Crippen LogP) is 5.89. The van der Waals surface area contributed by atoms with E-state index in [9.17, 15) is 13.2 Å². The van der Waals surface area contributed by atoms with Crippen LogP contribution in [0.4, 0.5) is 13.2 Å². The molecule has 0 spiro atoms. The van der Waals surface area contributed by atoms with Gasteiger partial charge in [-0.1, -0.05) is 24.6 Å². The first-order valence-electron chi connectivity index (χ1n) is 9.82. The molecule has 1 aliphatic heterocycles. The van der Waals surface area contributed by atoms with Crippen molar-refractivity contribution in [3.05, 3.63) is 64.1 Å². The molecule has 1 aromatic carbocycles. The van der Waals surface area contributed by atoms with E-state index in [1.54, 1.807) is 0 Å². The van der Waals surface area contributed by atoms with Gasteiger partial charge in [-0.2, -0.15) is 13.2 Å². The molecular weight excluding hydrogens is 399 g/mol. The Hall–Kier alpha value is -2.05. The number of alkyl halides is 3. The molecule has 154 valence electrons. The number of fused-ring (bicyclic) bond motifs is 3. The van der Waals surface area contributed by atoms with Crippen LogP contribution >= 0.6 is 11.6 Å². The van der Waals surface area contributed by atoms with Crippen molar-refractivity contribution in [1.29, 1.82) is 0 Å². The molecule has 0 amide bonds. The van der Waals surface area contributed by atoms with Crippen molar-refractivity contribution < 1.29 is 13.2 Å². The first kappa shape index (κ1) is 20.2. The maximum Gasteiger partial charge on any atom is 0.433 e. The molecule has 2 aromatic heterocycles. The lowest BCUT2D eigenvalue weighted by Gasteiger charge is -2.33. The molecule has 1 atom stereocenters. The third-order valence-corrected chi connectivity index (χ3v) is 6.10. The van der Waals surface area contributed by atoms with Crippen LogP contribution < -0.4 is 0 Å². The summed E-state index contributed by atoms with van der Waals surface area (Å²) in [6.07, 6.45) is -0.499. The zero-order chi connectivity index (χ0) is 20.8. The maximum atomic E-state index is 12.8. The molecule has 0 bridgehead atoms. The van der Waals surface area contributed by atoms with Gasteiger partial charge in [0.15, 0.2) is 0 Å². The van der Waals surface area contributed by atoms with Crippen LogP contribution in [0.25, 0.3) is 10.9 Å². The van der Waals surface area contributed by atoms with Gasteiger partial charge in [0.25, 0.3) is 0 Å². The number of benzene rings is 1. The predicted molar refractivity (Wildman–Crippen MR) is 109 cm³/mol. The quantitative estimate of drug-likeness (QED) is 0.523. The average molecular weight is 422 g/mol. The second-order valence-corrected chi connectivity index (χ2v) is 8.07. The van der Waals surface area contributed by atoms with Gasteiger partial charge in [0.05, 0.1) is 0 Å². The summed E-state index contributed by atoms with van der Waals surface area (Å²) in [6, 6.07) is 8.87. The lowest BCUT2D eigenvalue weighted by molar-refractivity contribution is -0.141. The van der Waals surface area contributed by atoms with Crippen molar-refractivity contribution in [2.75, 3.05) is 13.6 Å². The second-order valence-electron chi connectivity index (χ2n) is 7.63. The van der Waals surface area contributed by atoms with Gasteiger partial charge in [0, 0.05) is 46.9 Å². The number of rotatable bonds is 4. The number of likely N-dealkylation sites (N-methyl/N-ethyl adjacent to an activating group) is 1. The van der Waals surface area contributed by atoms with Gasteiger partial charge in [0.2, 0.25) is 0 Å². The Labute approximate surface area is 173 Å². The first-order valence-corrected chi connectivity index (χ1v) is 10.2. The summed E-state index contributed by atoms with van der Waals surface area (Å²) in [4.78, 5) is 5.97. The molecular formula is C22H23ClF3N3. The Bertz CT molecular complexity index is 1020. The Balaban J connectivity index is 1.71. The minimum absolute atomic E-state index is 0.315. The van der Waals surface area contributed by atoms with Crippen LogP contribution in [-0.4, -0.2) is 28.0 Å². The van der Waals surface area contributed by atoms with Gasteiger partial charge in [-0.15, -0.1) is 0 Å². The number of hydrogen-bond donors (Lipinski definition) is 0. The van der Waals surface area contributed by atoms with E-state index in [-0.39, 0.29) is 0 Å². The third-order valence-electron chi connectivity index (χ3n) is 5.86. The van der Waals surface area contributed by atoms with Crippen molar-refractivity contribution >= 4 is 22.5 Å². The molecule has 7 heteroatoms. The summed E-state index contributed by atoms with van der Waals surface area (Å²) in [5, 5.41) is 1.90. The fourth-order valence-corrected chi connectivity index (χ4v) is 4.61. The van der Waals surface area contributed by atoms with E-state index in [1.807, 2.05) is 18.2 Å². The maximum absolute atomic E-state index is 12.8. The summed E-state index contributed by atoms with van der Waals surface area (Å²) in [7, 11) is 2.14. The molecule has 3 heterocycles. The van der Waals surface area contributed by atoms with Gasteiger partial charge in [-0.05, 0) is 61.7 Å². The molecule has 3 aromatic rings. The van der Waals surface area contributed by atoms with Gasteiger partial charge in [-0.3, -0.25) is 9.88 Å². The van der Waals surface area contributed by atoms with Crippen LogP contribution in [0, 0.1) is 0 Å². The van der Waals surface area contributed by atoms with Crippen molar-refractivity contribution in [2.45, 2.75) is 44.9 Å². The van der Waals surface area contributed by atoms with E-state index in [0.29, 0.717) is 19.0 Å². The van der Waals surface area contributed by atoms with Crippen LogP contribution in [0.1, 0.15) is 41.9 Å². The summed E-state index contributed by atoms with van der Waals surface area (Å²) in [6.45, 7) is 3.87. The molecule has 0 fully saturated rings. The monoisotopic (exact) mass is 421 g/mol. The standard InChI is InChI=1S/C22H23ClF3N3/c1-3-18-21-16(9-10-28(18)2)17-12-15(23)5-6-19(17)29(21)11-8-14-4-7-20(27-13-14)22(24,25)26/h4-7,12-13,18H,3,8-11H2,1-2H3. The Morgan fingerprint density at radius 2 is 2.00 bits per heavy atom. The van der Waals surface area contributed by atoms with Crippen molar-refractivity contribution in [3.8, 4) is 0 Å². The van der Waals surface area contributed by atoms with E-state index in [0.717, 1.165) is 41.6 Å². The van der Waals surface area contributed by atoms with Gasteiger partial charge < -0.3 is 4.57 Å². The summed E-state index contributed by atoms with van der Waals surface area (Å²) in [5.41, 5.74) is 3.72. The summed E-state index contributed by atoms with van der Waals surface area (Å²) in [5.74, 6) is 0. The Morgan fingerprint density at radius 1 is 1.21 bits per heavy atom. The van der Waals surface area contributed by atoms with E-state index in [2.05, 4.69) is 28.4 Å². The van der Waals surface area contributed by atoms with E-state index in [4.69, 9.17) is 11.6 Å². The highest BCUT2D eigenvalue weighted by atomic mass is 35.5. The van der Waals surface area contributed by atoms with Crippen LogP contribution in [0.5, 0.6) is 0 Å². The zero-order valence-electron chi connectivity index (χ0n) is 16.4. The summed E-state index contributed by atoms with van der Waals surface area (Å²) >= 11 is 6.27. The molecule has 3 nitrogen and oxygen atoms in total. The lowest BCUT2D eigenvalue weighted by Crippen LogP contribution is -2.33. The minimum atomic E-state index is -4.41. The topological polar surface area (TPSA) is 21.1 Å². The minimum Gasteiger partial charge on any atom is -0.342 e. The van der Waals surface area contributed by atoms with Crippen LogP contribution in [0.2, 0.25) is 5.02 Å². The second kappa shape index (κ2) is 7.65. The number of halogens is 4. The van der Waals surface area contributed by atoms with Crippen LogP contribution in [0.15, 0.2) is 36.5 Å². The number of pyridine rings is 1. The summed E-state index contributed by atoms with van der Waals surface area (Å²) < 4.78 is 40.6. The fourth-order valence-electron chi connectivity index (χ4n) is 4.44. The highest BCUT2D eigenvalue weighted by Gasteiger charge is 2.32. The highest BCUT2D eigenvalue weighted by Crippen LogP contribution is 2.39. The molecule has 1 unspecified atom stereocenters. The Morgan fingerprint density at radius 3 is 2.66 bits per heavy atom. The zero-order valence-corrected chi connectivity index (χ0v) is 17.2. The molecule has 0 saturated heterocycles. The molecule has 4 rings (SSSR count). The average Bonchev–Trinajstić information content (AvgIpc) is 2.99. The molecule has 0 radical (unpaired) electrons. The normalized spacial score (nSPS) is 17.7. The molecule has 29 heavy (non-hydrogen) atoms. The van der Waals surface area contributed by atoms with Gasteiger partial charge >= 0.3 is 6.18 Å². The van der Waals surface area contributed by atoms with Crippen molar-refractivity contribution in [1.82, 2.24) is 14.5 Å². The smallest absolute Gasteiger partial charge is 0.342 e. The van der Waals surface area contributed by atoms with E-state index in [1.165, 1.54) is 28.9 Å². The largest absolute Gasteiger partial charge is 0.433 e. The van der Waals surface area contributed by atoms with Crippen LogP contribution in [-0.2, 0) is 25.6 Å². The van der Waals surface area contributed by atoms with Gasteiger partial charge in [-0.25, -0.2) is 0 Å². The van der Waals surface area contributed by atoms with Crippen molar-refractivity contribution in [3.63, 3.8) is 0 Å². The fraction of sp³-hybridized carbons (Fsp3) is 0.409. The number of aryl methyl sites for hydroxylation is 2. The first-order chi connectivity index (χ1) is 13.8. The molecule has 1 aliphatic rings. The molecule has 0 saturated carbocycles. The number of hydrogen-bond acceptors (Lipinski definition) is 2.